The fourth-order valence-electron chi connectivity index (χ4n) is 4.38. The average molecular weight is 267 g/mol. The third-order valence-electron chi connectivity index (χ3n) is 5.04. The van der Waals surface area contributed by atoms with Crippen molar-refractivity contribution >= 4 is 0 Å². The zero-order valence-corrected chi connectivity index (χ0v) is 13.4. The standard InChI is InChI=1S/C17H33NO/c1-13-10-14(12-17(2,3)11-13)19-16-9-7-5-6-8-15(16)18-4/h13-16,18H,5-12H2,1-4H3. The third-order valence-corrected chi connectivity index (χ3v) is 5.04. The van der Waals surface area contributed by atoms with Gasteiger partial charge in [-0.15, -0.1) is 0 Å². The Balaban J connectivity index is 1.94. The Labute approximate surface area is 119 Å². The van der Waals surface area contributed by atoms with Crippen molar-refractivity contribution in [3.63, 3.8) is 0 Å². The molecule has 0 spiro atoms. The van der Waals surface area contributed by atoms with E-state index < -0.39 is 0 Å². The van der Waals surface area contributed by atoms with Crippen molar-refractivity contribution in [3.8, 4) is 0 Å². The van der Waals surface area contributed by atoms with Gasteiger partial charge in [-0.25, -0.2) is 0 Å². The number of nitrogens with one attached hydrogen (secondary N) is 1. The molecule has 2 aliphatic rings. The highest BCUT2D eigenvalue weighted by Gasteiger charge is 2.35. The van der Waals surface area contributed by atoms with Gasteiger partial charge < -0.3 is 10.1 Å². The minimum absolute atomic E-state index is 0.443. The molecule has 0 aromatic rings. The molecular formula is C17H33NO. The molecule has 0 amide bonds. The first-order valence-electron chi connectivity index (χ1n) is 8.33. The molecule has 0 saturated heterocycles. The summed E-state index contributed by atoms with van der Waals surface area (Å²) in [6.45, 7) is 7.20. The van der Waals surface area contributed by atoms with Crippen LogP contribution in [-0.4, -0.2) is 25.3 Å². The van der Waals surface area contributed by atoms with Crippen LogP contribution in [0.25, 0.3) is 0 Å². The van der Waals surface area contributed by atoms with Gasteiger partial charge in [-0.2, -0.15) is 0 Å². The molecule has 0 radical (unpaired) electrons. The summed E-state index contributed by atoms with van der Waals surface area (Å²) in [7, 11) is 2.10. The second-order valence-electron chi connectivity index (χ2n) is 7.74. The van der Waals surface area contributed by atoms with Crippen LogP contribution in [0.1, 0.15) is 72.1 Å². The molecule has 0 aromatic heterocycles. The summed E-state index contributed by atoms with van der Waals surface area (Å²) >= 11 is 0. The van der Waals surface area contributed by atoms with E-state index in [9.17, 15) is 0 Å². The lowest BCUT2D eigenvalue weighted by Crippen LogP contribution is -2.43. The van der Waals surface area contributed by atoms with E-state index in [1.807, 2.05) is 0 Å². The lowest BCUT2D eigenvalue weighted by molar-refractivity contribution is -0.0789. The van der Waals surface area contributed by atoms with Gasteiger partial charge in [0.1, 0.15) is 0 Å². The molecule has 2 heteroatoms. The zero-order chi connectivity index (χ0) is 13.9. The first kappa shape index (κ1) is 15.3. The SMILES string of the molecule is CNC1CCCCCC1OC1CC(C)CC(C)(C)C1. The minimum Gasteiger partial charge on any atom is -0.373 e. The number of likely N-dealkylation sites (N-methyl/N-ethyl adjacent to an activating group) is 1. The smallest absolute Gasteiger partial charge is 0.0731 e. The van der Waals surface area contributed by atoms with E-state index >= 15 is 0 Å². The van der Waals surface area contributed by atoms with Crippen molar-refractivity contribution in [2.24, 2.45) is 11.3 Å². The molecule has 0 bridgehead atoms. The molecule has 2 nitrogen and oxygen atoms in total. The van der Waals surface area contributed by atoms with Crippen LogP contribution in [0.4, 0.5) is 0 Å². The van der Waals surface area contributed by atoms with Crippen LogP contribution in [0.15, 0.2) is 0 Å². The molecule has 4 atom stereocenters. The summed E-state index contributed by atoms with van der Waals surface area (Å²) in [5, 5.41) is 3.49. The van der Waals surface area contributed by atoms with E-state index in [1.165, 1.54) is 51.4 Å². The van der Waals surface area contributed by atoms with Crippen molar-refractivity contribution < 1.29 is 4.74 Å². The quantitative estimate of drug-likeness (QED) is 0.776. The number of ether oxygens (including phenoxy) is 1. The molecule has 2 saturated carbocycles. The molecule has 4 unspecified atom stereocenters. The molecule has 2 fully saturated rings. The summed E-state index contributed by atoms with van der Waals surface area (Å²) in [5.41, 5.74) is 0.461. The largest absolute Gasteiger partial charge is 0.373 e. The van der Waals surface area contributed by atoms with Gasteiger partial charge in [0.15, 0.2) is 0 Å². The van der Waals surface area contributed by atoms with E-state index in [4.69, 9.17) is 4.74 Å². The summed E-state index contributed by atoms with van der Waals surface area (Å²) in [6, 6.07) is 0.572. The second kappa shape index (κ2) is 6.58. The van der Waals surface area contributed by atoms with Gasteiger partial charge in [-0.3, -0.25) is 0 Å². The Hall–Kier alpha value is -0.0800. The molecule has 1 N–H and O–H groups in total. The number of hydrogen-bond donors (Lipinski definition) is 1. The van der Waals surface area contributed by atoms with Crippen LogP contribution < -0.4 is 5.32 Å². The Morgan fingerprint density at radius 3 is 2.47 bits per heavy atom. The lowest BCUT2D eigenvalue weighted by atomic mass is 9.71. The van der Waals surface area contributed by atoms with Crippen molar-refractivity contribution in [1.82, 2.24) is 5.32 Å². The van der Waals surface area contributed by atoms with Crippen molar-refractivity contribution in [1.29, 1.82) is 0 Å². The van der Waals surface area contributed by atoms with Crippen molar-refractivity contribution in [2.75, 3.05) is 7.05 Å². The second-order valence-corrected chi connectivity index (χ2v) is 7.74. The summed E-state index contributed by atoms with van der Waals surface area (Å²) in [5.74, 6) is 0.813. The van der Waals surface area contributed by atoms with Gasteiger partial charge in [0, 0.05) is 6.04 Å². The van der Waals surface area contributed by atoms with E-state index in [0.29, 0.717) is 23.7 Å². The fourth-order valence-corrected chi connectivity index (χ4v) is 4.38. The van der Waals surface area contributed by atoms with Crippen LogP contribution in [0.5, 0.6) is 0 Å². The fraction of sp³-hybridized carbons (Fsp3) is 1.00. The first-order valence-corrected chi connectivity index (χ1v) is 8.33. The van der Waals surface area contributed by atoms with Gasteiger partial charge in [-0.1, -0.05) is 40.0 Å². The van der Waals surface area contributed by atoms with Crippen molar-refractivity contribution in [2.45, 2.75) is 90.4 Å². The van der Waals surface area contributed by atoms with Crippen LogP contribution in [0, 0.1) is 11.3 Å². The predicted molar refractivity (Wildman–Crippen MR) is 81.4 cm³/mol. The molecule has 0 aromatic carbocycles. The topological polar surface area (TPSA) is 21.3 Å². The number of hydrogen-bond acceptors (Lipinski definition) is 2. The molecule has 0 heterocycles. The van der Waals surface area contributed by atoms with Gasteiger partial charge in [-0.05, 0) is 50.5 Å². The molecule has 2 rings (SSSR count). The van der Waals surface area contributed by atoms with Gasteiger partial charge in [0.25, 0.3) is 0 Å². The van der Waals surface area contributed by atoms with E-state index in [0.717, 1.165) is 5.92 Å². The van der Waals surface area contributed by atoms with Crippen LogP contribution >= 0.6 is 0 Å². The summed E-state index contributed by atoms with van der Waals surface area (Å²) in [6.07, 6.45) is 11.4. The first-order chi connectivity index (χ1) is 9.00. The lowest BCUT2D eigenvalue weighted by Gasteiger charge is -2.41. The summed E-state index contributed by atoms with van der Waals surface area (Å²) < 4.78 is 6.56. The van der Waals surface area contributed by atoms with Gasteiger partial charge in [0.2, 0.25) is 0 Å². The Morgan fingerprint density at radius 1 is 1.05 bits per heavy atom. The Bertz CT molecular complexity index is 276. The predicted octanol–water partition coefficient (Wildman–Crippen LogP) is 4.14. The van der Waals surface area contributed by atoms with Crippen LogP contribution in [0.2, 0.25) is 0 Å². The van der Waals surface area contributed by atoms with Gasteiger partial charge >= 0.3 is 0 Å². The highest BCUT2D eigenvalue weighted by Crippen LogP contribution is 2.40. The molecule has 2 aliphatic carbocycles. The monoisotopic (exact) mass is 267 g/mol. The molecule has 19 heavy (non-hydrogen) atoms. The molecular weight excluding hydrogens is 234 g/mol. The molecule has 112 valence electrons. The Kier molecular flexibility index (Phi) is 5.30. The van der Waals surface area contributed by atoms with Crippen LogP contribution in [0.3, 0.4) is 0 Å². The average Bonchev–Trinajstić information content (AvgIpc) is 2.51. The van der Waals surface area contributed by atoms with Gasteiger partial charge in [0.05, 0.1) is 12.2 Å². The van der Waals surface area contributed by atoms with E-state index in [-0.39, 0.29) is 0 Å². The van der Waals surface area contributed by atoms with Crippen molar-refractivity contribution in [3.05, 3.63) is 0 Å². The van der Waals surface area contributed by atoms with E-state index in [2.05, 4.69) is 33.1 Å². The summed E-state index contributed by atoms with van der Waals surface area (Å²) in [4.78, 5) is 0. The zero-order valence-electron chi connectivity index (χ0n) is 13.4. The maximum Gasteiger partial charge on any atom is 0.0731 e. The molecule has 0 aliphatic heterocycles. The number of rotatable bonds is 3. The normalized spacial score (nSPS) is 39.8. The van der Waals surface area contributed by atoms with Crippen LogP contribution in [-0.2, 0) is 4.74 Å². The van der Waals surface area contributed by atoms with E-state index in [1.54, 1.807) is 0 Å². The highest BCUT2D eigenvalue weighted by atomic mass is 16.5. The third kappa shape index (κ3) is 4.46. The maximum atomic E-state index is 6.56. The maximum absolute atomic E-state index is 6.56. The minimum atomic E-state index is 0.443. The highest BCUT2D eigenvalue weighted by molar-refractivity contribution is 4.86. The Morgan fingerprint density at radius 2 is 1.79 bits per heavy atom.